The van der Waals surface area contributed by atoms with Crippen LogP contribution in [0.5, 0.6) is 0 Å². The predicted molar refractivity (Wildman–Crippen MR) is 324 cm³/mol. The first-order valence-corrected chi connectivity index (χ1v) is 30.3. The smallest absolute Gasteiger partial charge is 0.444 e. The van der Waals surface area contributed by atoms with E-state index in [2.05, 4.69) is 115 Å². The lowest BCUT2D eigenvalue weighted by Crippen LogP contribution is -2.41. The van der Waals surface area contributed by atoms with Gasteiger partial charge in [-0.3, -0.25) is 19.2 Å². The van der Waals surface area contributed by atoms with E-state index in [0.29, 0.717) is 18.5 Å². The minimum absolute atomic E-state index is 0. The van der Waals surface area contributed by atoms with E-state index in [1.807, 2.05) is 48.6 Å². The van der Waals surface area contributed by atoms with Gasteiger partial charge in [0, 0.05) is 90.9 Å². The number of halogens is 1. The fourth-order valence-electron chi connectivity index (χ4n) is 10.6. The molecule has 1 saturated heterocycles. The number of allylic oxidation sites excluding steroid dienone is 4. The lowest BCUT2D eigenvalue weighted by Gasteiger charge is -2.35. The summed E-state index contributed by atoms with van der Waals surface area (Å²) in [5, 5.41) is 9.69. The molecule has 2 aromatic rings. The third kappa shape index (κ3) is 19.1. The second kappa shape index (κ2) is 29.3. The number of hydrogen-bond donors (Lipinski definition) is 0. The zero-order valence-electron chi connectivity index (χ0n) is 51.9. The summed E-state index contributed by atoms with van der Waals surface area (Å²) in [6.45, 7) is 38.1. The average molecular weight is 1170 g/mol. The Kier molecular flexibility index (Phi) is 25.3. The van der Waals surface area contributed by atoms with E-state index in [0.717, 1.165) is 121 Å². The maximum atomic E-state index is 12.3. The molecule has 7 rings (SSSR count). The molecule has 0 spiro atoms. The summed E-state index contributed by atoms with van der Waals surface area (Å²) < 4.78 is 40.2. The highest BCUT2D eigenvalue weighted by Crippen LogP contribution is 2.45. The minimum atomic E-state index is -0.477. The van der Waals surface area contributed by atoms with E-state index < -0.39 is 11.2 Å². The standard InChI is InChI=1S/C27H46N4O3.C17H31BO3.C16H27BrN4O2.CH4/c1-8-27(20-33-9-2)14-12-21(13-15-27)24-22(28-31-16-10-11-23(24)31)19-29(6)17-18-30(7)25(32)34-26(3,4)5;1-7-17(13-19-8-2)11-9-14(10-12-17)18-20-15(3,4)16(5,6)21-18;1-16(2,3)23-15(22)20(5)10-9-19(4)11-12-14(17)13-7-6-8-21(13)18-12;/h12H,8-11,13-20H2,1-7H3;9H,7-8,10-13H2,1-6H3;6-11H2,1-5H3;1H4. The Morgan fingerprint density at radius 3 is 1.52 bits per heavy atom. The highest BCUT2D eigenvalue weighted by molar-refractivity contribution is 9.10. The second-order valence-electron chi connectivity index (χ2n) is 25.9. The quantitative estimate of drug-likeness (QED) is 0.117. The summed E-state index contributed by atoms with van der Waals surface area (Å²) in [7, 11) is 7.55. The number of carbonyl (C=O) groups is 2. The van der Waals surface area contributed by atoms with Crippen molar-refractivity contribution in [2.24, 2.45) is 10.8 Å². The lowest BCUT2D eigenvalue weighted by atomic mass is 9.65. The van der Waals surface area contributed by atoms with Crippen molar-refractivity contribution in [3.8, 4) is 0 Å². The molecule has 0 N–H and O–H groups in total. The fourth-order valence-corrected chi connectivity index (χ4v) is 11.2. The predicted octanol–water partition coefficient (Wildman–Crippen LogP) is 12.8. The molecule has 2 amide bonds. The molecule has 0 radical (unpaired) electrons. The molecule has 5 heterocycles. The summed E-state index contributed by atoms with van der Waals surface area (Å²) in [6.07, 6.45) is 17.8. The highest BCUT2D eigenvalue weighted by Gasteiger charge is 2.53. The summed E-state index contributed by atoms with van der Waals surface area (Å²) in [4.78, 5) is 31.9. The molecule has 0 bridgehead atoms. The Morgan fingerprint density at radius 1 is 0.658 bits per heavy atom. The van der Waals surface area contributed by atoms with E-state index in [4.69, 9.17) is 33.4 Å². The van der Waals surface area contributed by atoms with Crippen LogP contribution in [0.15, 0.2) is 22.1 Å². The van der Waals surface area contributed by atoms with E-state index >= 15 is 0 Å². The Labute approximate surface area is 487 Å². The summed E-state index contributed by atoms with van der Waals surface area (Å²) in [6, 6.07) is 0. The molecular weight excluding hydrogens is 1060 g/mol. The molecule has 1 fully saturated rings. The molecule has 3 aliphatic heterocycles. The Hall–Kier alpha value is -3.26. The monoisotopic (exact) mass is 1170 g/mol. The first kappa shape index (κ1) is 68.2. The maximum Gasteiger partial charge on any atom is 0.490 e. The SMILES string of the molecule is C.CCOCC1(CC)CC=C(B2OC(C)(C)C(C)(C)O2)CC1.CCOCC1(CC)CC=C(c2c(CN(C)CCN(C)C(=O)OC(C)(C)C)nn3c2CCC3)CC1.CN(CCN(C)C(=O)OC(C)(C)C)Cc1nn2c(c1Br)CCC2. The number of aryl methyl sites for hydroxylation is 2. The van der Waals surface area contributed by atoms with Gasteiger partial charge in [-0.25, -0.2) is 9.59 Å². The van der Waals surface area contributed by atoms with Crippen LogP contribution < -0.4 is 0 Å². The number of nitrogens with zero attached hydrogens (tertiary/aromatic N) is 8. The molecule has 0 aromatic carbocycles. The van der Waals surface area contributed by atoms with Gasteiger partial charge in [0.25, 0.3) is 0 Å². The number of fused-ring (bicyclic) bond motifs is 2. The van der Waals surface area contributed by atoms with Crippen LogP contribution in [-0.4, -0.2) is 162 Å². The molecule has 2 unspecified atom stereocenters. The zero-order chi connectivity index (χ0) is 57.9. The number of likely N-dealkylation sites (N-methyl/N-ethyl adjacent to an activating group) is 4. The van der Waals surface area contributed by atoms with Gasteiger partial charge in [0.05, 0.1) is 46.0 Å². The van der Waals surface area contributed by atoms with E-state index in [1.54, 1.807) is 23.9 Å². The number of amides is 2. The lowest BCUT2D eigenvalue weighted by molar-refractivity contribution is 0.00578. The normalized spacial score (nSPS) is 21.3. The summed E-state index contributed by atoms with van der Waals surface area (Å²) in [5.41, 5.74) is 8.30. The first-order valence-electron chi connectivity index (χ1n) is 29.5. The van der Waals surface area contributed by atoms with Gasteiger partial charge >= 0.3 is 19.3 Å². The number of carbonyl (C=O) groups excluding carboxylic acids is 2. The molecule has 18 heteroatoms. The largest absolute Gasteiger partial charge is 0.490 e. The topological polar surface area (TPSA) is 138 Å². The van der Waals surface area contributed by atoms with Crippen molar-refractivity contribution in [2.75, 3.05) is 80.8 Å². The van der Waals surface area contributed by atoms with Crippen molar-refractivity contribution < 1.29 is 37.8 Å². The van der Waals surface area contributed by atoms with Crippen LogP contribution in [0.3, 0.4) is 0 Å². The molecule has 5 aliphatic rings. The first-order chi connectivity index (χ1) is 36.5. The number of aromatic nitrogens is 4. The Balaban J connectivity index is 0.000000264. The van der Waals surface area contributed by atoms with Gasteiger partial charge in [-0.15, -0.1) is 0 Å². The van der Waals surface area contributed by atoms with Crippen LogP contribution in [0.1, 0.15) is 197 Å². The van der Waals surface area contributed by atoms with Crippen molar-refractivity contribution in [3.05, 3.63) is 50.4 Å². The van der Waals surface area contributed by atoms with Crippen molar-refractivity contribution in [1.82, 2.24) is 39.2 Å². The van der Waals surface area contributed by atoms with Crippen molar-refractivity contribution in [1.29, 1.82) is 0 Å². The molecule has 2 aromatic heterocycles. The number of ether oxygens (including phenoxy) is 4. The van der Waals surface area contributed by atoms with Gasteiger partial charge in [-0.1, -0.05) is 33.4 Å². The third-order valence-corrected chi connectivity index (χ3v) is 17.6. The van der Waals surface area contributed by atoms with Crippen LogP contribution in [0.25, 0.3) is 5.57 Å². The molecule has 2 aliphatic carbocycles. The van der Waals surface area contributed by atoms with Crippen LogP contribution in [0.4, 0.5) is 9.59 Å². The van der Waals surface area contributed by atoms with Crippen molar-refractivity contribution in [3.63, 3.8) is 0 Å². The molecule has 2 atom stereocenters. The van der Waals surface area contributed by atoms with Crippen LogP contribution in [0, 0.1) is 10.8 Å². The third-order valence-electron chi connectivity index (χ3n) is 16.7. The van der Waals surface area contributed by atoms with Crippen molar-refractivity contribution in [2.45, 2.75) is 230 Å². The molecule has 79 heavy (non-hydrogen) atoms. The van der Waals surface area contributed by atoms with Gasteiger partial charge in [0.15, 0.2) is 0 Å². The number of rotatable bonds is 20. The van der Waals surface area contributed by atoms with Gasteiger partial charge in [-0.2, -0.15) is 10.2 Å². The summed E-state index contributed by atoms with van der Waals surface area (Å²) >= 11 is 3.67. The minimum Gasteiger partial charge on any atom is -0.444 e. The van der Waals surface area contributed by atoms with Crippen LogP contribution in [0.2, 0.25) is 0 Å². The van der Waals surface area contributed by atoms with E-state index in [9.17, 15) is 9.59 Å². The van der Waals surface area contributed by atoms with Gasteiger partial charge < -0.3 is 38.1 Å². The van der Waals surface area contributed by atoms with Crippen LogP contribution >= 0.6 is 15.9 Å². The Morgan fingerprint density at radius 2 is 1.10 bits per heavy atom. The van der Waals surface area contributed by atoms with E-state index in [-0.39, 0.29) is 43.3 Å². The maximum absolute atomic E-state index is 12.3. The fraction of sp³-hybridized carbons (Fsp3) is 0.803. The molecule has 450 valence electrons. The average Bonchev–Trinajstić information content (AvgIpc) is 4.20. The second-order valence-corrected chi connectivity index (χ2v) is 26.7. The molecule has 0 saturated carbocycles. The summed E-state index contributed by atoms with van der Waals surface area (Å²) in [5.74, 6) is 0. The van der Waals surface area contributed by atoms with Gasteiger partial charge in [0.1, 0.15) is 11.2 Å². The molecular formula is C61H108BBrN8O8. The van der Waals surface area contributed by atoms with Crippen LogP contribution in [-0.2, 0) is 67.3 Å². The van der Waals surface area contributed by atoms with Gasteiger partial charge in [0.2, 0.25) is 0 Å². The zero-order valence-corrected chi connectivity index (χ0v) is 53.5. The van der Waals surface area contributed by atoms with Gasteiger partial charge in [-0.05, 0) is 212 Å². The Bertz CT molecular complexity index is 2320. The van der Waals surface area contributed by atoms with E-state index in [1.165, 1.54) is 65.8 Å². The highest BCUT2D eigenvalue weighted by atomic mass is 79.9. The number of hydrogen-bond acceptors (Lipinski definition) is 12. The molecule has 16 nitrogen and oxygen atoms in total. The van der Waals surface area contributed by atoms with Crippen molar-refractivity contribution >= 4 is 40.8 Å².